The fourth-order valence-corrected chi connectivity index (χ4v) is 3.82. The van der Waals surface area contributed by atoms with Crippen LogP contribution in [0.1, 0.15) is 0 Å². The molecule has 8 heteroatoms. The second kappa shape index (κ2) is 6.05. The lowest BCUT2D eigenvalue weighted by Crippen LogP contribution is -2.13. The number of rotatable bonds is 5. The predicted octanol–water partition coefficient (Wildman–Crippen LogP) is 3.11. The van der Waals surface area contributed by atoms with Crippen molar-refractivity contribution in [3.05, 3.63) is 42.6 Å². The minimum absolute atomic E-state index is 0.0960. The Morgan fingerprint density at radius 3 is 2.57 bits per heavy atom. The van der Waals surface area contributed by atoms with Gasteiger partial charge in [0.15, 0.2) is 11.5 Å². The highest BCUT2D eigenvalue weighted by molar-refractivity contribution is 7.92. The molecule has 0 spiro atoms. The van der Waals surface area contributed by atoms with Gasteiger partial charge in [0.25, 0.3) is 10.0 Å². The van der Waals surface area contributed by atoms with E-state index in [0.717, 1.165) is 10.1 Å². The Kier molecular flexibility index (Phi) is 4.10. The predicted molar refractivity (Wildman–Crippen MR) is 90.0 cm³/mol. The zero-order chi connectivity index (χ0) is 16.4. The van der Waals surface area contributed by atoms with E-state index in [2.05, 4.69) is 9.10 Å². The van der Waals surface area contributed by atoms with Crippen molar-refractivity contribution in [2.45, 2.75) is 4.90 Å². The number of nitrogens with zero attached hydrogens (tertiary/aromatic N) is 1. The van der Waals surface area contributed by atoms with Crippen LogP contribution in [0.15, 0.2) is 47.5 Å². The monoisotopic (exact) mass is 350 g/mol. The molecule has 6 nitrogen and oxygen atoms in total. The van der Waals surface area contributed by atoms with Crippen LogP contribution in [0.25, 0.3) is 10.1 Å². The molecule has 0 amide bonds. The minimum atomic E-state index is -3.73. The summed E-state index contributed by atoms with van der Waals surface area (Å²) in [7, 11) is -0.773. The minimum Gasteiger partial charge on any atom is -0.493 e. The molecule has 3 rings (SSSR count). The standard InChI is InChI=1S/C15H14N2O4S2/c1-20-13-5-4-12(8-14(13)21-2)23(18,19)17-11-3-6-15-10(7-11)9-16-22-15/h3-9,17H,1-2H3. The highest BCUT2D eigenvalue weighted by Crippen LogP contribution is 2.30. The van der Waals surface area contributed by atoms with Gasteiger partial charge in [-0.05, 0) is 41.9 Å². The van der Waals surface area contributed by atoms with Crippen molar-refractivity contribution in [3.8, 4) is 11.5 Å². The summed E-state index contributed by atoms with van der Waals surface area (Å²) in [5.74, 6) is 0.824. The molecule has 0 bridgehead atoms. The summed E-state index contributed by atoms with van der Waals surface area (Å²) in [5.41, 5.74) is 0.479. The van der Waals surface area contributed by atoms with Gasteiger partial charge in [-0.2, -0.15) is 4.37 Å². The number of hydrogen-bond acceptors (Lipinski definition) is 6. The third-order valence-electron chi connectivity index (χ3n) is 3.27. The Balaban J connectivity index is 1.94. The van der Waals surface area contributed by atoms with Crippen LogP contribution in [0.2, 0.25) is 0 Å². The van der Waals surface area contributed by atoms with Crippen molar-refractivity contribution < 1.29 is 17.9 Å². The van der Waals surface area contributed by atoms with Gasteiger partial charge < -0.3 is 9.47 Å². The molecule has 0 radical (unpaired) electrons. The number of nitrogens with one attached hydrogen (secondary N) is 1. The van der Waals surface area contributed by atoms with Gasteiger partial charge in [0, 0.05) is 23.3 Å². The molecule has 0 saturated heterocycles. The van der Waals surface area contributed by atoms with Crippen LogP contribution in [0.3, 0.4) is 0 Å². The second-order valence-corrected chi connectivity index (χ2v) is 7.22. The Bertz CT molecular complexity index is 951. The van der Waals surface area contributed by atoms with Gasteiger partial charge in [-0.25, -0.2) is 8.42 Å². The maximum absolute atomic E-state index is 12.5. The van der Waals surface area contributed by atoms with Gasteiger partial charge >= 0.3 is 0 Å². The molecule has 1 N–H and O–H groups in total. The molecule has 120 valence electrons. The number of hydrogen-bond donors (Lipinski definition) is 1. The SMILES string of the molecule is COc1ccc(S(=O)(=O)Nc2ccc3sncc3c2)cc1OC. The van der Waals surface area contributed by atoms with E-state index < -0.39 is 10.0 Å². The van der Waals surface area contributed by atoms with E-state index in [1.807, 2.05) is 6.07 Å². The number of methoxy groups -OCH3 is 2. The van der Waals surface area contributed by atoms with Crippen molar-refractivity contribution in [2.24, 2.45) is 0 Å². The lowest BCUT2D eigenvalue weighted by Gasteiger charge is -2.11. The van der Waals surface area contributed by atoms with Crippen molar-refractivity contribution in [3.63, 3.8) is 0 Å². The summed E-state index contributed by atoms with van der Waals surface area (Å²) >= 11 is 1.36. The molecule has 2 aromatic carbocycles. The van der Waals surface area contributed by atoms with Crippen LogP contribution in [0.4, 0.5) is 5.69 Å². The first-order chi connectivity index (χ1) is 11.0. The Hall–Kier alpha value is -2.32. The molecular formula is C15H14N2O4S2. The second-order valence-electron chi connectivity index (χ2n) is 4.70. The summed E-state index contributed by atoms with van der Waals surface area (Å²) in [6.45, 7) is 0. The van der Waals surface area contributed by atoms with E-state index in [0.29, 0.717) is 17.2 Å². The topological polar surface area (TPSA) is 77.5 Å². The van der Waals surface area contributed by atoms with Gasteiger partial charge in [0.2, 0.25) is 0 Å². The Morgan fingerprint density at radius 2 is 1.83 bits per heavy atom. The molecular weight excluding hydrogens is 336 g/mol. The van der Waals surface area contributed by atoms with Crippen LogP contribution >= 0.6 is 11.5 Å². The first-order valence-corrected chi connectivity index (χ1v) is 8.88. The Morgan fingerprint density at radius 1 is 1.04 bits per heavy atom. The van der Waals surface area contributed by atoms with Gasteiger partial charge in [-0.15, -0.1) is 0 Å². The smallest absolute Gasteiger partial charge is 0.262 e. The summed E-state index contributed by atoms with van der Waals surface area (Å²) in [5, 5.41) is 0.891. The molecule has 0 aliphatic heterocycles. The van der Waals surface area contributed by atoms with Crippen molar-refractivity contribution in [1.29, 1.82) is 0 Å². The zero-order valence-electron chi connectivity index (χ0n) is 12.4. The normalized spacial score (nSPS) is 11.4. The highest BCUT2D eigenvalue weighted by atomic mass is 32.2. The molecule has 1 aromatic heterocycles. The zero-order valence-corrected chi connectivity index (χ0v) is 14.1. The van der Waals surface area contributed by atoms with Gasteiger partial charge in [0.05, 0.1) is 23.8 Å². The van der Waals surface area contributed by atoms with Crippen LogP contribution in [0, 0.1) is 0 Å². The van der Waals surface area contributed by atoms with Crippen molar-refractivity contribution in [2.75, 3.05) is 18.9 Å². The molecule has 23 heavy (non-hydrogen) atoms. The van der Waals surface area contributed by atoms with Crippen LogP contribution in [-0.4, -0.2) is 27.0 Å². The molecule has 0 unspecified atom stereocenters. The maximum atomic E-state index is 12.5. The lowest BCUT2D eigenvalue weighted by molar-refractivity contribution is 0.354. The number of ether oxygens (including phenoxy) is 2. The molecule has 0 fully saturated rings. The lowest BCUT2D eigenvalue weighted by atomic mass is 10.2. The van der Waals surface area contributed by atoms with Crippen molar-refractivity contribution >= 4 is 37.3 Å². The number of anilines is 1. The van der Waals surface area contributed by atoms with Crippen LogP contribution < -0.4 is 14.2 Å². The number of sulfonamides is 1. The number of fused-ring (bicyclic) bond motifs is 1. The summed E-state index contributed by atoms with van der Waals surface area (Å²) in [6.07, 6.45) is 1.70. The summed E-state index contributed by atoms with van der Waals surface area (Å²) < 4.78 is 42.9. The highest BCUT2D eigenvalue weighted by Gasteiger charge is 2.17. The molecule has 0 aliphatic rings. The quantitative estimate of drug-likeness (QED) is 0.765. The molecule has 0 atom stereocenters. The molecule has 3 aromatic rings. The van der Waals surface area contributed by atoms with Gasteiger partial charge in [-0.3, -0.25) is 4.72 Å². The van der Waals surface area contributed by atoms with Crippen molar-refractivity contribution in [1.82, 2.24) is 4.37 Å². The average molecular weight is 350 g/mol. The van der Waals surface area contributed by atoms with Gasteiger partial charge in [0.1, 0.15) is 0 Å². The van der Waals surface area contributed by atoms with E-state index in [1.54, 1.807) is 24.4 Å². The third kappa shape index (κ3) is 3.08. The Labute approximate surface area is 137 Å². The number of aromatic nitrogens is 1. The average Bonchev–Trinajstić information content (AvgIpc) is 3.01. The fourth-order valence-electron chi connectivity index (χ4n) is 2.13. The summed E-state index contributed by atoms with van der Waals surface area (Å²) in [4.78, 5) is 0.0960. The molecule has 1 heterocycles. The van der Waals surface area contributed by atoms with E-state index in [9.17, 15) is 8.42 Å². The van der Waals surface area contributed by atoms with Crippen LogP contribution in [-0.2, 0) is 10.0 Å². The summed E-state index contributed by atoms with van der Waals surface area (Å²) in [6, 6.07) is 9.73. The van der Waals surface area contributed by atoms with Crippen LogP contribution in [0.5, 0.6) is 11.5 Å². The largest absolute Gasteiger partial charge is 0.493 e. The van der Waals surface area contributed by atoms with E-state index in [4.69, 9.17) is 9.47 Å². The van der Waals surface area contributed by atoms with E-state index >= 15 is 0 Å². The first-order valence-electron chi connectivity index (χ1n) is 6.63. The van der Waals surface area contributed by atoms with Gasteiger partial charge in [-0.1, -0.05) is 0 Å². The maximum Gasteiger partial charge on any atom is 0.262 e. The fraction of sp³-hybridized carbons (Fsp3) is 0.133. The molecule has 0 aliphatic carbocycles. The molecule has 0 saturated carbocycles. The third-order valence-corrected chi connectivity index (χ3v) is 5.43. The van der Waals surface area contributed by atoms with E-state index in [-0.39, 0.29) is 4.90 Å². The first kappa shape index (κ1) is 15.6. The number of benzene rings is 2. The van der Waals surface area contributed by atoms with E-state index in [1.165, 1.54) is 37.9 Å².